The smallest absolute Gasteiger partial charge is 0.151 e. The van der Waals surface area contributed by atoms with E-state index in [4.69, 9.17) is 5.73 Å². The molecule has 3 heterocycles. The van der Waals surface area contributed by atoms with Gasteiger partial charge in [0.05, 0.1) is 17.7 Å². The molecule has 1 aliphatic rings. The van der Waals surface area contributed by atoms with Crippen molar-refractivity contribution in [3.05, 3.63) is 48.4 Å². The Kier molecular flexibility index (Phi) is 4.34. The molecule has 0 saturated carbocycles. The number of rotatable bonds is 4. The average Bonchev–Trinajstić information content (AvgIpc) is 3.18. The van der Waals surface area contributed by atoms with E-state index in [1.807, 2.05) is 30.3 Å². The van der Waals surface area contributed by atoms with Crippen molar-refractivity contribution in [1.82, 2.24) is 20.3 Å². The van der Waals surface area contributed by atoms with Crippen molar-refractivity contribution in [3.8, 4) is 0 Å². The number of aromatic amines is 1. The van der Waals surface area contributed by atoms with Crippen LogP contribution in [-0.4, -0.2) is 49.2 Å². The first-order valence-electron chi connectivity index (χ1n) is 8.02. The van der Waals surface area contributed by atoms with E-state index in [1.165, 1.54) is 6.33 Å². The monoisotopic (exact) mass is 357 g/mol. The molecule has 0 amide bonds. The largest absolute Gasteiger partial charge is 0.389 e. The molecule has 4 rings (SSSR count). The number of H-pyrrole nitrogens is 1. The van der Waals surface area contributed by atoms with Crippen LogP contribution in [0.15, 0.2) is 47.8 Å². The molecule has 1 aliphatic heterocycles. The van der Waals surface area contributed by atoms with E-state index in [9.17, 15) is 10.2 Å². The zero-order valence-corrected chi connectivity index (χ0v) is 14.1. The maximum Gasteiger partial charge on any atom is 0.151 e. The second kappa shape index (κ2) is 6.64. The molecule has 25 heavy (non-hydrogen) atoms. The third kappa shape index (κ3) is 2.98. The summed E-state index contributed by atoms with van der Waals surface area (Å²) in [5, 5.41) is 24.3. The molecular weight excluding hydrogens is 338 g/mol. The number of aromatic nitrogens is 3. The Balaban J connectivity index is 1.54. The Morgan fingerprint density at radius 2 is 1.92 bits per heavy atom. The van der Waals surface area contributed by atoms with Crippen molar-refractivity contribution in [1.29, 1.82) is 0 Å². The van der Waals surface area contributed by atoms with Crippen molar-refractivity contribution >= 4 is 28.6 Å². The van der Waals surface area contributed by atoms with E-state index in [0.717, 1.165) is 10.5 Å². The first kappa shape index (κ1) is 16.3. The van der Waals surface area contributed by atoms with Gasteiger partial charge in [-0.25, -0.2) is 9.97 Å². The molecule has 0 aliphatic carbocycles. The fraction of sp³-hybridized carbons (Fsp3) is 0.294. The lowest BCUT2D eigenvalue weighted by molar-refractivity contribution is 0.0308. The lowest BCUT2D eigenvalue weighted by Crippen LogP contribution is -2.35. The van der Waals surface area contributed by atoms with Gasteiger partial charge in [0.15, 0.2) is 5.82 Å². The number of fused-ring (bicyclic) bond motifs is 1. The molecule has 0 spiro atoms. The van der Waals surface area contributed by atoms with Gasteiger partial charge in [-0.1, -0.05) is 18.2 Å². The summed E-state index contributed by atoms with van der Waals surface area (Å²) in [5.74, 6) is 1.01. The first-order valence-corrected chi connectivity index (χ1v) is 9.01. The van der Waals surface area contributed by atoms with Gasteiger partial charge in [0.1, 0.15) is 17.9 Å². The van der Waals surface area contributed by atoms with Crippen molar-refractivity contribution < 1.29 is 10.2 Å². The van der Waals surface area contributed by atoms with Gasteiger partial charge in [-0.2, -0.15) is 0 Å². The summed E-state index contributed by atoms with van der Waals surface area (Å²) in [6.07, 6.45) is 1.38. The summed E-state index contributed by atoms with van der Waals surface area (Å²) in [7, 11) is 0. The van der Waals surface area contributed by atoms with Crippen LogP contribution in [0.5, 0.6) is 0 Å². The van der Waals surface area contributed by atoms with Gasteiger partial charge in [-0.05, 0) is 12.1 Å². The Bertz CT molecular complexity index is 872. The van der Waals surface area contributed by atoms with Crippen molar-refractivity contribution in [2.24, 2.45) is 0 Å². The highest BCUT2D eigenvalue weighted by Gasteiger charge is 2.42. The van der Waals surface area contributed by atoms with Gasteiger partial charge in [0, 0.05) is 28.5 Å². The normalized spacial score (nSPS) is 26.3. The number of aliphatic hydroxyl groups excluding tert-OH is 2. The molecular formula is C17H19N5O2S. The van der Waals surface area contributed by atoms with Crippen molar-refractivity contribution in [2.75, 3.05) is 11.5 Å². The highest BCUT2D eigenvalue weighted by atomic mass is 32.2. The van der Waals surface area contributed by atoms with E-state index in [2.05, 4.69) is 20.3 Å². The molecule has 2 unspecified atom stereocenters. The van der Waals surface area contributed by atoms with Crippen LogP contribution in [0.2, 0.25) is 0 Å². The van der Waals surface area contributed by atoms with Crippen LogP contribution in [-0.2, 0) is 0 Å². The van der Waals surface area contributed by atoms with Crippen molar-refractivity contribution in [3.63, 3.8) is 0 Å². The van der Waals surface area contributed by atoms with Crippen LogP contribution in [0.1, 0.15) is 11.6 Å². The first-order chi connectivity index (χ1) is 12.1. The molecule has 6 N–H and O–H groups in total. The maximum atomic E-state index is 10.5. The SMILES string of the molecule is Nc1ncnc2c([C@@H]3N[C@H](CSc4ccccc4)C(O)C3O)c[nH]c12. The third-order valence-electron chi connectivity index (χ3n) is 4.53. The van der Waals surface area contributed by atoms with E-state index in [0.29, 0.717) is 22.6 Å². The van der Waals surface area contributed by atoms with Gasteiger partial charge in [-0.3, -0.25) is 0 Å². The molecule has 7 nitrogen and oxygen atoms in total. The van der Waals surface area contributed by atoms with Crippen LogP contribution < -0.4 is 11.1 Å². The number of benzene rings is 1. The average molecular weight is 357 g/mol. The molecule has 1 aromatic carbocycles. The van der Waals surface area contributed by atoms with Crippen LogP contribution in [0.3, 0.4) is 0 Å². The molecule has 1 saturated heterocycles. The number of anilines is 1. The number of thioether (sulfide) groups is 1. The topological polar surface area (TPSA) is 120 Å². The quantitative estimate of drug-likeness (QED) is 0.443. The van der Waals surface area contributed by atoms with Crippen LogP contribution >= 0.6 is 11.8 Å². The van der Waals surface area contributed by atoms with Gasteiger partial charge in [0.2, 0.25) is 0 Å². The number of nitrogens with two attached hydrogens (primary N) is 1. The minimum atomic E-state index is -0.920. The molecule has 3 aromatic rings. The highest BCUT2D eigenvalue weighted by Crippen LogP contribution is 2.34. The summed E-state index contributed by atoms with van der Waals surface area (Å²) >= 11 is 1.64. The molecule has 1 fully saturated rings. The second-order valence-electron chi connectivity index (χ2n) is 6.08. The maximum absolute atomic E-state index is 10.5. The van der Waals surface area contributed by atoms with Gasteiger partial charge in [0.25, 0.3) is 0 Å². The fourth-order valence-electron chi connectivity index (χ4n) is 3.20. The summed E-state index contributed by atoms with van der Waals surface area (Å²) < 4.78 is 0. The molecule has 0 radical (unpaired) electrons. The van der Waals surface area contributed by atoms with Gasteiger partial charge in [-0.15, -0.1) is 11.8 Å². The molecule has 130 valence electrons. The Morgan fingerprint density at radius 3 is 2.72 bits per heavy atom. The van der Waals surface area contributed by atoms with Gasteiger partial charge < -0.3 is 26.2 Å². The Labute approximate surface area is 148 Å². The number of aliphatic hydroxyl groups is 2. The zero-order valence-electron chi connectivity index (χ0n) is 13.3. The fourth-order valence-corrected chi connectivity index (χ4v) is 4.22. The summed E-state index contributed by atoms with van der Waals surface area (Å²) in [6.45, 7) is 0. The van der Waals surface area contributed by atoms with Crippen LogP contribution in [0.25, 0.3) is 11.0 Å². The number of hydrogen-bond acceptors (Lipinski definition) is 7. The summed E-state index contributed by atoms with van der Waals surface area (Å²) in [6, 6.07) is 9.34. The van der Waals surface area contributed by atoms with Crippen LogP contribution in [0.4, 0.5) is 5.82 Å². The summed E-state index contributed by atoms with van der Waals surface area (Å²) in [4.78, 5) is 12.4. The standard InChI is InChI=1S/C17H19N5O2S/c18-17-14-12(20-8-21-17)10(6-19-14)13-16(24)15(23)11(22-13)7-25-9-4-2-1-3-5-9/h1-6,8,11,13,15-16,19,22-24H,7H2,(H2,18,20,21)/t11-,13+,15?,16?/m1/s1. The van der Waals surface area contributed by atoms with E-state index < -0.39 is 18.2 Å². The molecule has 2 aromatic heterocycles. The minimum absolute atomic E-state index is 0.227. The lowest BCUT2D eigenvalue weighted by atomic mass is 10.0. The molecule has 4 atom stereocenters. The predicted molar refractivity (Wildman–Crippen MR) is 97.1 cm³/mol. The number of hydrogen-bond donors (Lipinski definition) is 5. The highest BCUT2D eigenvalue weighted by molar-refractivity contribution is 7.99. The predicted octanol–water partition coefficient (Wildman–Crippen LogP) is 1.07. The van der Waals surface area contributed by atoms with Crippen LogP contribution in [0, 0.1) is 0 Å². The number of nitrogens with one attached hydrogen (secondary N) is 2. The van der Waals surface area contributed by atoms with E-state index in [-0.39, 0.29) is 6.04 Å². The molecule has 0 bridgehead atoms. The van der Waals surface area contributed by atoms with Crippen molar-refractivity contribution in [2.45, 2.75) is 29.2 Å². The summed E-state index contributed by atoms with van der Waals surface area (Å²) in [5.41, 5.74) is 7.93. The minimum Gasteiger partial charge on any atom is -0.389 e. The third-order valence-corrected chi connectivity index (χ3v) is 5.66. The Morgan fingerprint density at radius 1 is 1.12 bits per heavy atom. The van der Waals surface area contributed by atoms with E-state index in [1.54, 1.807) is 18.0 Å². The van der Waals surface area contributed by atoms with Gasteiger partial charge >= 0.3 is 0 Å². The number of nitrogens with zero attached hydrogens (tertiary/aromatic N) is 2. The second-order valence-corrected chi connectivity index (χ2v) is 7.18. The lowest BCUT2D eigenvalue weighted by Gasteiger charge is -2.15. The molecule has 8 heteroatoms. The zero-order chi connectivity index (χ0) is 17.4. The number of nitrogen functional groups attached to an aromatic ring is 1. The van der Waals surface area contributed by atoms with E-state index >= 15 is 0 Å². The Hall–Kier alpha value is -2.13.